The maximum atomic E-state index is 11.9. The summed E-state index contributed by atoms with van der Waals surface area (Å²) in [4.78, 5) is 13.6. The molecule has 0 radical (unpaired) electrons. The molecule has 1 aliphatic heterocycles. The monoisotopic (exact) mass is 212 g/mol. The van der Waals surface area contributed by atoms with Crippen LogP contribution in [0.25, 0.3) is 0 Å². The van der Waals surface area contributed by atoms with Crippen LogP contribution in [0.5, 0.6) is 0 Å². The van der Waals surface area contributed by atoms with Gasteiger partial charge >= 0.3 is 0 Å². The van der Waals surface area contributed by atoms with E-state index in [1.165, 1.54) is 5.56 Å². The number of carbonyl (C=O) groups is 1. The highest BCUT2D eigenvalue weighted by atomic mass is 16.2. The SMILES string of the molecule is N#CC1CN1C(=O)C1CC1c1ccccc1. The smallest absolute Gasteiger partial charge is 0.227 e. The molecule has 3 heteroatoms. The molecule has 1 saturated carbocycles. The first kappa shape index (κ1) is 9.41. The molecule has 3 unspecified atom stereocenters. The van der Waals surface area contributed by atoms with Crippen molar-refractivity contribution in [2.45, 2.75) is 18.4 Å². The van der Waals surface area contributed by atoms with E-state index in [1.54, 1.807) is 4.90 Å². The largest absolute Gasteiger partial charge is 0.321 e. The molecule has 1 amide bonds. The van der Waals surface area contributed by atoms with Gasteiger partial charge in [0, 0.05) is 5.92 Å². The van der Waals surface area contributed by atoms with Crippen molar-refractivity contribution in [2.75, 3.05) is 6.54 Å². The fraction of sp³-hybridized carbons (Fsp3) is 0.385. The second kappa shape index (κ2) is 3.34. The Labute approximate surface area is 94.3 Å². The van der Waals surface area contributed by atoms with Crippen molar-refractivity contribution in [2.24, 2.45) is 5.92 Å². The first-order valence-corrected chi connectivity index (χ1v) is 5.56. The zero-order chi connectivity index (χ0) is 11.1. The van der Waals surface area contributed by atoms with E-state index >= 15 is 0 Å². The first-order valence-electron chi connectivity index (χ1n) is 5.56. The van der Waals surface area contributed by atoms with Crippen LogP contribution in [0.2, 0.25) is 0 Å². The van der Waals surface area contributed by atoms with Gasteiger partial charge in [0.15, 0.2) is 0 Å². The molecule has 3 nitrogen and oxygen atoms in total. The molecule has 0 N–H and O–H groups in total. The van der Waals surface area contributed by atoms with Crippen molar-refractivity contribution in [3.8, 4) is 6.07 Å². The number of hydrogen-bond acceptors (Lipinski definition) is 2. The van der Waals surface area contributed by atoms with Gasteiger partial charge in [-0.05, 0) is 17.9 Å². The summed E-state index contributed by atoms with van der Waals surface area (Å²) in [7, 11) is 0. The van der Waals surface area contributed by atoms with Gasteiger partial charge in [-0.3, -0.25) is 4.79 Å². The van der Waals surface area contributed by atoms with Crippen molar-refractivity contribution in [1.82, 2.24) is 4.90 Å². The standard InChI is InChI=1S/C13H12N2O/c14-7-10-8-15(10)13(16)12-6-11(12)9-4-2-1-3-5-9/h1-5,10-12H,6,8H2. The minimum Gasteiger partial charge on any atom is -0.321 e. The van der Waals surface area contributed by atoms with E-state index in [1.807, 2.05) is 18.2 Å². The normalized spacial score (nSPS) is 30.7. The highest BCUT2D eigenvalue weighted by molar-refractivity contribution is 5.85. The Morgan fingerprint density at radius 1 is 1.38 bits per heavy atom. The van der Waals surface area contributed by atoms with Crippen LogP contribution in [0.4, 0.5) is 0 Å². The lowest BCUT2D eigenvalue weighted by atomic mass is 10.1. The van der Waals surface area contributed by atoms with E-state index < -0.39 is 0 Å². The van der Waals surface area contributed by atoms with Gasteiger partial charge in [0.05, 0.1) is 12.6 Å². The molecule has 0 spiro atoms. The Morgan fingerprint density at radius 2 is 2.12 bits per heavy atom. The number of rotatable bonds is 2. The van der Waals surface area contributed by atoms with Gasteiger partial charge in [0.25, 0.3) is 0 Å². The Hall–Kier alpha value is -1.82. The molecular formula is C13H12N2O. The number of nitriles is 1. The van der Waals surface area contributed by atoms with Gasteiger partial charge in [0.1, 0.15) is 6.04 Å². The second-order valence-corrected chi connectivity index (χ2v) is 4.49. The lowest BCUT2D eigenvalue weighted by molar-refractivity contribution is -0.127. The Kier molecular flexibility index (Phi) is 1.97. The lowest BCUT2D eigenvalue weighted by Crippen LogP contribution is -2.15. The van der Waals surface area contributed by atoms with E-state index in [0.717, 1.165) is 6.42 Å². The lowest BCUT2D eigenvalue weighted by Gasteiger charge is -2.01. The van der Waals surface area contributed by atoms with Crippen LogP contribution in [0.1, 0.15) is 17.9 Å². The number of nitrogens with zero attached hydrogens (tertiary/aromatic N) is 2. The minimum atomic E-state index is -0.149. The van der Waals surface area contributed by atoms with Gasteiger partial charge in [-0.2, -0.15) is 5.26 Å². The van der Waals surface area contributed by atoms with E-state index in [0.29, 0.717) is 12.5 Å². The molecule has 3 atom stereocenters. The number of amides is 1. The van der Waals surface area contributed by atoms with Crippen molar-refractivity contribution >= 4 is 5.91 Å². The molecule has 3 rings (SSSR count). The summed E-state index contributed by atoms with van der Waals surface area (Å²) < 4.78 is 0. The van der Waals surface area contributed by atoms with Gasteiger partial charge in [-0.25, -0.2) is 0 Å². The molecule has 16 heavy (non-hydrogen) atoms. The molecule has 1 aromatic carbocycles. The third kappa shape index (κ3) is 1.47. The van der Waals surface area contributed by atoms with Gasteiger partial charge in [-0.1, -0.05) is 30.3 Å². The van der Waals surface area contributed by atoms with E-state index in [4.69, 9.17) is 5.26 Å². The first-order chi connectivity index (χ1) is 7.81. The summed E-state index contributed by atoms with van der Waals surface area (Å²) >= 11 is 0. The van der Waals surface area contributed by atoms with E-state index in [2.05, 4.69) is 18.2 Å². The summed E-state index contributed by atoms with van der Waals surface area (Å²) in [5.41, 5.74) is 1.25. The number of carbonyl (C=O) groups excluding carboxylic acids is 1. The Morgan fingerprint density at radius 3 is 2.75 bits per heavy atom. The predicted octanol–water partition coefficient (Wildman–Crippen LogP) is 1.52. The third-order valence-corrected chi connectivity index (χ3v) is 3.38. The summed E-state index contributed by atoms with van der Waals surface area (Å²) in [6.07, 6.45) is 0.942. The molecule has 80 valence electrons. The minimum absolute atomic E-state index is 0.126. The Bertz CT molecular complexity index is 463. The van der Waals surface area contributed by atoms with Crippen LogP contribution in [0, 0.1) is 17.2 Å². The van der Waals surface area contributed by atoms with Gasteiger partial charge in [-0.15, -0.1) is 0 Å². The van der Waals surface area contributed by atoms with Crippen molar-refractivity contribution in [3.63, 3.8) is 0 Å². The van der Waals surface area contributed by atoms with Crippen LogP contribution < -0.4 is 0 Å². The van der Waals surface area contributed by atoms with E-state index in [-0.39, 0.29) is 17.9 Å². The molecule has 1 saturated heterocycles. The summed E-state index contributed by atoms with van der Waals surface area (Å²) in [5.74, 6) is 0.676. The maximum absolute atomic E-state index is 11.9. The zero-order valence-corrected chi connectivity index (χ0v) is 8.84. The Balaban J connectivity index is 1.65. The highest BCUT2D eigenvalue weighted by Crippen LogP contribution is 2.49. The fourth-order valence-corrected chi connectivity index (χ4v) is 2.24. The molecule has 2 fully saturated rings. The topological polar surface area (TPSA) is 43.9 Å². The van der Waals surface area contributed by atoms with Gasteiger partial charge < -0.3 is 4.90 Å². The van der Waals surface area contributed by atoms with Gasteiger partial charge in [0.2, 0.25) is 5.91 Å². The summed E-state index contributed by atoms with van der Waals surface area (Å²) in [5, 5.41) is 8.67. The quantitative estimate of drug-likeness (QED) is 0.698. The van der Waals surface area contributed by atoms with Crippen molar-refractivity contribution in [3.05, 3.63) is 35.9 Å². The van der Waals surface area contributed by atoms with Crippen LogP contribution in [-0.4, -0.2) is 23.4 Å². The van der Waals surface area contributed by atoms with Crippen LogP contribution >= 0.6 is 0 Å². The second-order valence-electron chi connectivity index (χ2n) is 4.49. The van der Waals surface area contributed by atoms with Crippen LogP contribution in [-0.2, 0) is 4.79 Å². The molecule has 1 heterocycles. The van der Waals surface area contributed by atoms with Crippen molar-refractivity contribution in [1.29, 1.82) is 5.26 Å². The molecule has 1 aliphatic carbocycles. The highest BCUT2D eigenvalue weighted by Gasteiger charge is 2.51. The predicted molar refractivity (Wildman–Crippen MR) is 58.4 cm³/mol. The summed E-state index contributed by atoms with van der Waals surface area (Å²) in [6, 6.07) is 12.1. The molecule has 2 aliphatic rings. The third-order valence-electron chi connectivity index (χ3n) is 3.38. The van der Waals surface area contributed by atoms with E-state index in [9.17, 15) is 4.79 Å². The zero-order valence-electron chi connectivity index (χ0n) is 8.84. The molecule has 0 bridgehead atoms. The summed E-state index contributed by atoms with van der Waals surface area (Å²) in [6.45, 7) is 0.632. The number of hydrogen-bond donors (Lipinski definition) is 0. The van der Waals surface area contributed by atoms with Crippen molar-refractivity contribution < 1.29 is 4.79 Å². The average molecular weight is 212 g/mol. The van der Waals surface area contributed by atoms with Crippen LogP contribution in [0.15, 0.2) is 30.3 Å². The van der Waals surface area contributed by atoms with Crippen LogP contribution in [0.3, 0.4) is 0 Å². The molecule has 0 aromatic heterocycles. The fourth-order valence-electron chi connectivity index (χ4n) is 2.24. The molecular weight excluding hydrogens is 200 g/mol. The average Bonchev–Trinajstić information content (AvgIpc) is 3.22. The molecule has 1 aromatic rings. The maximum Gasteiger partial charge on any atom is 0.227 e. The number of benzene rings is 1.